The normalized spacial score (nSPS) is 9.13. The molecular weight excluding hydrogens is 276 g/mol. The van der Waals surface area contributed by atoms with Crippen molar-refractivity contribution >= 4 is 38.2 Å². The predicted octanol–water partition coefficient (Wildman–Crippen LogP) is 2.85. The average Bonchev–Trinajstić information content (AvgIpc) is 2.63. The number of hydrogen-bond donors (Lipinski definition) is 1. The summed E-state index contributed by atoms with van der Waals surface area (Å²) < 4.78 is 1.02. The van der Waals surface area contributed by atoms with Gasteiger partial charge in [-0.1, -0.05) is 13.8 Å². The van der Waals surface area contributed by atoms with Crippen LogP contribution in [-0.4, -0.2) is 19.0 Å². The first-order valence-electron chi connectivity index (χ1n) is 4.88. The molecule has 86 valence electrons. The van der Waals surface area contributed by atoms with Crippen LogP contribution in [-0.2, 0) is 4.79 Å². The van der Waals surface area contributed by atoms with Crippen molar-refractivity contribution in [2.24, 2.45) is 5.73 Å². The maximum absolute atomic E-state index is 11.2. The molecule has 0 aromatic carbocycles. The molecule has 1 amide bonds. The third-order valence-corrected chi connectivity index (χ3v) is 3.20. The minimum Gasteiger partial charge on any atom is -0.329 e. The van der Waals surface area contributed by atoms with Gasteiger partial charge in [0.1, 0.15) is 0 Å². The van der Waals surface area contributed by atoms with E-state index < -0.39 is 0 Å². The Bertz CT molecular complexity index is 301. The Kier molecular flexibility index (Phi) is 7.64. The van der Waals surface area contributed by atoms with E-state index in [4.69, 9.17) is 5.73 Å². The highest BCUT2D eigenvalue weighted by Gasteiger charge is 2.11. The lowest BCUT2D eigenvalue weighted by Crippen LogP contribution is -2.32. The molecule has 0 unspecified atom stereocenters. The van der Waals surface area contributed by atoms with Gasteiger partial charge in [-0.05, 0) is 28.1 Å². The molecule has 1 heterocycles. The summed E-state index contributed by atoms with van der Waals surface area (Å²) in [5, 5.41) is 0.935. The van der Waals surface area contributed by atoms with Crippen molar-refractivity contribution in [2.45, 2.75) is 20.8 Å². The Labute approximate surface area is 103 Å². The standard InChI is InChI=1S/C8H11BrN2OS.C2H6/c1-6(12)11(5-4-10)8-3-2-7(9)13-8;1-2/h2-3H,4-5,10H2,1H3;1-2H3. The van der Waals surface area contributed by atoms with Gasteiger partial charge in [0.15, 0.2) is 0 Å². The zero-order chi connectivity index (χ0) is 11.8. The molecule has 0 aliphatic carbocycles. The third-order valence-electron chi connectivity index (χ3n) is 1.56. The molecule has 0 atom stereocenters. The van der Waals surface area contributed by atoms with Crippen LogP contribution in [0.3, 0.4) is 0 Å². The van der Waals surface area contributed by atoms with Gasteiger partial charge in [0.25, 0.3) is 0 Å². The van der Waals surface area contributed by atoms with Gasteiger partial charge in [-0.25, -0.2) is 0 Å². The Hall–Kier alpha value is -0.390. The first-order chi connectivity index (χ1) is 7.15. The van der Waals surface area contributed by atoms with Crippen molar-refractivity contribution in [3.63, 3.8) is 0 Å². The summed E-state index contributed by atoms with van der Waals surface area (Å²) in [6.07, 6.45) is 0. The molecule has 0 bridgehead atoms. The molecule has 0 spiro atoms. The lowest BCUT2D eigenvalue weighted by Gasteiger charge is -2.17. The van der Waals surface area contributed by atoms with Crippen molar-refractivity contribution < 1.29 is 4.79 Å². The molecule has 3 nitrogen and oxygen atoms in total. The molecule has 1 aromatic heterocycles. The van der Waals surface area contributed by atoms with E-state index in [0.717, 1.165) is 8.79 Å². The smallest absolute Gasteiger partial charge is 0.224 e. The van der Waals surface area contributed by atoms with E-state index >= 15 is 0 Å². The zero-order valence-electron chi connectivity index (χ0n) is 9.29. The minimum atomic E-state index is 0.0276. The largest absolute Gasteiger partial charge is 0.329 e. The SMILES string of the molecule is CC.CC(=O)N(CCN)c1ccc(Br)s1. The molecule has 0 fully saturated rings. The van der Waals surface area contributed by atoms with Crippen LogP contribution in [0.2, 0.25) is 0 Å². The summed E-state index contributed by atoms with van der Waals surface area (Å²) in [5.74, 6) is 0.0276. The van der Waals surface area contributed by atoms with Crippen LogP contribution in [0.1, 0.15) is 20.8 Å². The highest BCUT2D eigenvalue weighted by molar-refractivity contribution is 9.11. The number of hydrogen-bond acceptors (Lipinski definition) is 3. The van der Waals surface area contributed by atoms with Crippen LogP contribution in [0, 0.1) is 0 Å². The molecule has 0 aliphatic rings. The highest BCUT2D eigenvalue weighted by atomic mass is 79.9. The van der Waals surface area contributed by atoms with Crippen molar-refractivity contribution in [1.29, 1.82) is 0 Å². The Morgan fingerprint density at radius 3 is 2.47 bits per heavy atom. The lowest BCUT2D eigenvalue weighted by atomic mass is 10.4. The van der Waals surface area contributed by atoms with Crippen LogP contribution in [0.5, 0.6) is 0 Å². The van der Waals surface area contributed by atoms with Gasteiger partial charge < -0.3 is 10.6 Å². The number of nitrogens with two attached hydrogens (primary N) is 1. The zero-order valence-corrected chi connectivity index (χ0v) is 11.7. The van der Waals surface area contributed by atoms with E-state index in [1.165, 1.54) is 11.3 Å². The van der Waals surface area contributed by atoms with E-state index in [1.807, 2.05) is 26.0 Å². The van der Waals surface area contributed by atoms with E-state index in [-0.39, 0.29) is 5.91 Å². The molecule has 0 saturated carbocycles. The second kappa shape index (κ2) is 7.84. The van der Waals surface area contributed by atoms with Gasteiger partial charge in [0.2, 0.25) is 5.91 Å². The number of thiophene rings is 1. The van der Waals surface area contributed by atoms with Crippen molar-refractivity contribution in [3.05, 3.63) is 15.9 Å². The highest BCUT2D eigenvalue weighted by Crippen LogP contribution is 2.29. The second-order valence-corrected chi connectivity index (χ2v) is 4.98. The van der Waals surface area contributed by atoms with Crippen molar-refractivity contribution in [1.82, 2.24) is 0 Å². The summed E-state index contributed by atoms with van der Waals surface area (Å²) in [6, 6.07) is 3.83. The topological polar surface area (TPSA) is 46.3 Å². The monoisotopic (exact) mass is 292 g/mol. The maximum atomic E-state index is 11.2. The summed E-state index contributed by atoms with van der Waals surface area (Å²) >= 11 is 4.88. The Balaban J connectivity index is 0.000000921. The van der Waals surface area contributed by atoms with E-state index in [2.05, 4.69) is 15.9 Å². The van der Waals surface area contributed by atoms with Crippen LogP contribution < -0.4 is 10.6 Å². The minimum absolute atomic E-state index is 0.0276. The summed E-state index contributed by atoms with van der Waals surface area (Å²) in [7, 11) is 0. The quantitative estimate of drug-likeness (QED) is 0.931. The third kappa shape index (κ3) is 4.77. The molecule has 1 aromatic rings. The predicted molar refractivity (Wildman–Crippen MR) is 70.4 cm³/mol. The van der Waals surface area contributed by atoms with E-state index in [1.54, 1.807) is 11.8 Å². The van der Waals surface area contributed by atoms with Crippen molar-refractivity contribution in [3.8, 4) is 0 Å². The average molecular weight is 293 g/mol. The number of carbonyl (C=O) groups is 1. The van der Waals surface area contributed by atoms with Gasteiger partial charge in [-0.2, -0.15) is 0 Å². The van der Waals surface area contributed by atoms with Crippen LogP contribution in [0.4, 0.5) is 5.00 Å². The number of nitrogens with zero attached hydrogens (tertiary/aromatic N) is 1. The first-order valence-corrected chi connectivity index (χ1v) is 6.49. The fraction of sp³-hybridized carbons (Fsp3) is 0.500. The van der Waals surface area contributed by atoms with E-state index in [0.29, 0.717) is 13.1 Å². The van der Waals surface area contributed by atoms with Gasteiger partial charge in [-0.3, -0.25) is 4.79 Å². The molecule has 0 radical (unpaired) electrons. The van der Waals surface area contributed by atoms with Crippen LogP contribution >= 0.6 is 27.3 Å². The number of halogens is 1. The molecule has 1 rings (SSSR count). The van der Waals surface area contributed by atoms with Gasteiger partial charge >= 0.3 is 0 Å². The number of carbonyl (C=O) groups excluding carboxylic acids is 1. The molecule has 15 heavy (non-hydrogen) atoms. The summed E-state index contributed by atoms with van der Waals surface area (Å²) in [6.45, 7) is 6.60. The molecule has 5 heteroatoms. The van der Waals surface area contributed by atoms with Crippen LogP contribution in [0.15, 0.2) is 15.9 Å². The van der Waals surface area contributed by atoms with Gasteiger partial charge in [-0.15, -0.1) is 11.3 Å². The van der Waals surface area contributed by atoms with Crippen molar-refractivity contribution in [2.75, 3.05) is 18.0 Å². The molecule has 0 saturated heterocycles. The number of amides is 1. The first kappa shape index (κ1) is 14.6. The second-order valence-electron chi connectivity index (χ2n) is 2.54. The molecule has 0 aliphatic heterocycles. The van der Waals surface area contributed by atoms with Crippen LogP contribution in [0.25, 0.3) is 0 Å². The summed E-state index contributed by atoms with van der Waals surface area (Å²) in [4.78, 5) is 12.9. The summed E-state index contributed by atoms with van der Waals surface area (Å²) in [5.41, 5.74) is 5.41. The Morgan fingerprint density at radius 2 is 2.13 bits per heavy atom. The Morgan fingerprint density at radius 1 is 1.53 bits per heavy atom. The molecule has 2 N–H and O–H groups in total. The fourth-order valence-corrected chi connectivity index (χ4v) is 2.43. The van der Waals surface area contributed by atoms with E-state index in [9.17, 15) is 4.79 Å². The maximum Gasteiger partial charge on any atom is 0.224 e. The lowest BCUT2D eigenvalue weighted by molar-refractivity contribution is -0.116. The number of rotatable bonds is 3. The number of anilines is 1. The van der Waals surface area contributed by atoms with Gasteiger partial charge in [0, 0.05) is 20.0 Å². The molecular formula is C10H17BrN2OS. The van der Waals surface area contributed by atoms with Gasteiger partial charge in [0.05, 0.1) is 8.79 Å². The fourth-order valence-electron chi connectivity index (χ4n) is 1.00.